The van der Waals surface area contributed by atoms with Gasteiger partial charge in [-0.25, -0.2) is 10.4 Å². The van der Waals surface area contributed by atoms with Crippen LogP contribution in [0.1, 0.15) is 26.2 Å². The molecule has 2 rings (SSSR count). The third-order valence-electron chi connectivity index (χ3n) is 4.77. The fourth-order valence-corrected chi connectivity index (χ4v) is 3.18. The molecule has 0 aliphatic carbocycles. The van der Waals surface area contributed by atoms with Crippen molar-refractivity contribution in [2.24, 2.45) is 5.73 Å². The molecule has 0 aromatic rings. The van der Waals surface area contributed by atoms with Gasteiger partial charge in [0.15, 0.2) is 0 Å². The van der Waals surface area contributed by atoms with Gasteiger partial charge in [-0.2, -0.15) is 0 Å². The summed E-state index contributed by atoms with van der Waals surface area (Å²) >= 11 is 0. The Morgan fingerprint density at radius 1 is 1.05 bits per heavy atom. The largest absolute Gasteiger partial charge is 0.329 e. The highest BCUT2D eigenvalue weighted by Crippen LogP contribution is 2.22. The number of nitrogens with zero attached hydrogens (tertiary/aromatic N) is 3. The lowest BCUT2D eigenvalue weighted by atomic mass is 9.91. The van der Waals surface area contributed by atoms with Crippen LogP contribution in [-0.2, 0) is 0 Å². The number of rotatable bonds is 4. The van der Waals surface area contributed by atoms with E-state index in [1.807, 2.05) is 0 Å². The van der Waals surface area contributed by atoms with Crippen molar-refractivity contribution in [3.63, 3.8) is 0 Å². The molecule has 0 amide bonds. The van der Waals surface area contributed by atoms with Gasteiger partial charge in [-0.05, 0) is 45.9 Å². The van der Waals surface area contributed by atoms with Gasteiger partial charge in [0.25, 0.3) is 0 Å². The topological polar surface area (TPSA) is 47.8 Å². The van der Waals surface area contributed by atoms with E-state index in [0.717, 1.165) is 39.3 Å². The van der Waals surface area contributed by atoms with Gasteiger partial charge in [0, 0.05) is 38.3 Å². The van der Waals surface area contributed by atoms with Crippen LogP contribution in [0.25, 0.3) is 0 Å². The Morgan fingerprint density at radius 2 is 1.79 bits per heavy atom. The van der Waals surface area contributed by atoms with Gasteiger partial charge < -0.3 is 15.5 Å². The molecule has 3 N–H and O–H groups in total. The number of hydrazine groups is 1. The number of likely N-dealkylation sites (tertiary alicyclic amines) is 1. The molecule has 112 valence electrons. The minimum absolute atomic E-state index is 0.125. The van der Waals surface area contributed by atoms with Crippen LogP contribution in [0, 0.1) is 0 Å². The first-order valence-corrected chi connectivity index (χ1v) is 7.81. The molecule has 2 fully saturated rings. The molecule has 0 aromatic carbocycles. The Bertz CT molecular complexity index is 265. The standard InChI is InChI=1S/C14H31N5/c1-3-18-7-4-5-14(13-15,6-8-18)16-19-11-9-17(2)10-12-19/h16H,3-13,15H2,1-2H3. The highest BCUT2D eigenvalue weighted by Gasteiger charge is 2.33. The predicted molar refractivity (Wildman–Crippen MR) is 80.0 cm³/mol. The van der Waals surface area contributed by atoms with Crippen LogP contribution in [0.5, 0.6) is 0 Å². The molecule has 5 nitrogen and oxygen atoms in total. The first-order chi connectivity index (χ1) is 9.17. The zero-order chi connectivity index (χ0) is 13.7. The summed E-state index contributed by atoms with van der Waals surface area (Å²) in [4.78, 5) is 4.93. The molecular weight excluding hydrogens is 238 g/mol. The van der Waals surface area contributed by atoms with E-state index >= 15 is 0 Å². The molecular formula is C14H31N5. The van der Waals surface area contributed by atoms with Gasteiger partial charge in [-0.15, -0.1) is 0 Å². The SMILES string of the molecule is CCN1CCCC(CN)(NN2CCN(C)CC2)CC1. The Kier molecular flexibility index (Phi) is 5.59. The molecule has 1 atom stereocenters. The van der Waals surface area contributed by atoms with Crippen molar-refractivity contribution in [1.82, 2.24) is 20.2 Å². The smallest absolute Gasteiger partial charge is 0.0460 e. The molecule has 0 saturated carbocycles. The van der Waals surface area contributed by atoms with Crippen LogP contribution in [0.15, 0.2) is 0 Å². The zero-order valence-electron chi connectivity index (χ0n) is 12.7. The molecule has 2 aliphatic rings. The van der Waals surface area contributed by atoms with Crippen LogP contribution in [-0.4, -0.2) is 79.8 Å². The predicted octanol–water partition coefficient (Wildman–Crippen LogP) is -0.0583. The second-order valence-electron chi connectivity index (χ2n) is 6.17. The minimum Gasteiger partial charge on any atom is -0.329 e. The highest BCUT2D eigenvalue weighted by atomic mass is 15.5. The molecule has 2 heterocycles. The van der Waals surface area contributed by atoms with E-state index in [1.165, 1.54) is 32.4 Å². The summed E-state index contributed by atoms with van der Waals surface area (Å²) in [7, 11) is 2.20. The van der Waals surface area contributed by atoms with Gasteiger partial charge >= 0.3 is 0 Å². The second-order valence-corrected chi connectivity index (χ2v) is 6.17. The molecule has 1 unspecified atom stereocenters. The zero-order valence-corrected chi connectivity index (χ0v) is 12.7. The van der Waals surface area contributed by atoms with E-state index in [0.29, 0.717) is 0 Å². The average molecular weight is 269 g/mol. The summed E-state index contributed by atoms with van der Waals surface area (Å²) in [5.74, 6) is 0. The Labute approximate surface area is 118 Å². The normalized spacial score (nSPS) is 32.4. The lowest BCUT2D eigenvalue weighted by molar-refractivity contribution is 0.0486. The molecule has 2 saturated heterocycles. The van der Waals surface area contributed by atoms with Gasteiger partial charge in [0.1, 0.15) is 0 Å². The summed E-state index contributed by atoms with van der Waals surface area (Å²) in [5.41, 5.74) is 10.0. The van der Waals surface area contributed by atoms with Crippen LogP contribution >= 0.6 is 0 Å². The van der Waals surface area contributed by atoms with E-state index in [4.69, 9.17) is 5.73 Å². The highest BCUT2D eigenvalue weighted by molar-refractivity contribution is 4.92. The van der Waals surface area contributed by atoms with Crippen molar-refractivity contribution in [2.75, 3.05) is 59.4 Å². The first-order valence-electron chi connectivity index (χ1n) is 7.81. The number of hydrogen-bond acceptors (Lipinski definition) is 5. The van der Waals surface area contributed by atoms with E-state index in [1.54, 1.807) is 0 Å². The minimum atomic E-state index is 0.125. The van der Waals surface area contributed by atoms with Crippen molar-refractivity contribution in [2.45, 2.75) is 31.7 Å². The van der Waals surface area contributed by atoms with Crippen molar-refractivity contribution < 1.29 is 0 Å². The van der Waals surface area contributed by atoms with Crippen molar-refractivity contribution in [3.8, 4) is 0 Å². The summed E-state index contributed by atoms with van der Waals surface area (Å²) in [6.07, 6.45) is 3.63. The fourth-order valence-electron chi connectivity index (χ4n) is 3.18. The van der Waals surface area contributed by atoms with Gasteiger partial charge in [0.05, 0.1) is 0 Å². The number of hydrogen-bond donors (Lipinski definition) is 2. The maximum atomic E-state index is 6.12. The Balaban J connectivity index is 1.90. The van der Waals surface area contributed by atoms with Crippen molar-refractivity contribution in [3.05, 3.63) is 0 Å². The van der Waals surface area contributed by atoms with Crippen LogP contribution in [0.3, 0.4) is 0 Å². The summed E-state index contributed by atoms with van der Waals surface area (Å²) in [6, 6.07) is 0. The second kappa shape index (κ2) is 6.99. The third kappa shape index (κ3) is 4.13. The number of nitrogens with two attached hydrogens (primary N) is 1. The third-order valence-corrected chi connectivity index (χ3v) is 4.77. The molecule has 0 radical (unpaired) electrons. The van der Waals surface area contributed by atoms with E-state index in [9.17, 15) is 0 Å². The van der Waals surface area contributed by atoms with E-state index < -0.39 is 0 Å². The lowest BCUT2D eigenvalue weighted by Gasteiger charge is -2.41. The Morgan fingerprint density at radius 3 is 2.42 bits per heavy atom. The van der Waals surface area contributed by atoms with Gasteiger partial charge in [0.2, 0.25) is 0 Å². The summed E-state index contributed by atoms with van der Waals surface area (Å²) < 4.78 is 0. The maximum Gasteiger partial charge on any atom is 0.0460 e. The Hall–Kier alpha value is -0.200. The fraction of sp³-hybridized carbons (Fsp3) is 1.00. The quantitative estimate of drug-likeness (QED) is 0.749. The number of likely N-dealkylation sites (N-methyl/N-ethyl adjacent to an activating group) is 1. The molecule has 19 heavy (non-hydrogen) atoms. The molecule has 2 aliphatic heterocycles. The van der Waals surface area contributed by atoms with Crippen LogP contribution in [0.4, 0.5) is 0 Å². The average Bonchev–Trinajstić information content (AvgIpc) is 2.64. The summed E-state index contributed by atoms with van der Waals surface area (Å²) in [6.45, 7) is 11.1. The maximum absolute atomic E-state index is 6.12. The first kappa shape index (κ1) is 15.2. The van der Waals surface area contributed by atoms with Crippen molar-refractivity contribution in [1.29, 1.82) is 0 Å². The number of piperazine rings is 1. The summed E-state index contributed by atoms with van der Waals surface area (Å²) in [5, 5.41) is 2.40. The van der Waals surface area contributed by atoms with Gasteiger partial charge in [-0.1, -0.05) is 6.92 Å². The van der Waals surface area contributed by atoms with E-state index in [2.05, 4.69) is 34.2 Å². The van der Waals surface area contributed by atoms with Crippen LogP contribution < -0.4 is 11.2 Å². The van der Waals surface area contributed by atoms with E-state index in [-0.39, 0.29) is 5.54 Å². The van der Waals surface area contributed by atoms with Gasteiger partial charge in [-0.3, -0.25) is 0 Å². The molecule has 5 heteroatoms. The molecule has 0 spiro atoms. The number of nitrogens with one attached hydrogen (secondary N) is 1. The van der Waals surface area contributed by atoms with Crippen LogP contribution in [0.2, 0.25) is 0 Å². The molecule has 0 bridgehead atoms. The lowest BCUT2D eigenvalue weighted by Crippen LogP contribution is -2.62. The molecule has 0 aromatic heterocycles. The van der Waals surface area contributed by atoms with Crippen molar-refractivity contribution >= 4 is 0 Å². The monoisotopic (exact) mass is 269 g/mol.